The molecule has 0 aromatic carbocycles. The van der Waals surface area contributed by atoms with Crippen LogP contribution in [0.2, 0.25) is 0 Å². The van der Waals surface area contributed by atoms with Gasteiger partial charge in [0.15, 0.2) is 5.82 Å². The molecule has 4 heteroatoms. The zero-order valence-electron chi connectivity index (χ0n) is 9.44. The Morgan fingerprint density at radius 3 is 3.00 bits per heavy atom. The van der Waals surface area contributed by atoms with E-state index in [2.05, 4.69) is 14.8 Å². The first-order valence-corrected chi connectivity index (χ1v) is 5.83. The summed E-state index contributed by atoms with van der Waals surface area (Å²) in [6.45, 7) is 3.00. The second-order valence-corrected chi connectivity index (χ2v) is 4.29. The smallest absolute Gasteiger partial charge is 0.167 e. The third kappa shape index (κ3) is 1.45. The average molecular weight is 217 g/mol. The maximum Gasteiger partial charge on any atom is 0.167 e. The summed E-state index contributed by atoms with van der Waals surface area (Å²) in [5.74, 6) is 3.00. The Hall–Kier alpha value is -1.58. The van der Waals surface area contributed by atoms with E-state index in [0.717, 1.165) is 35.9 Å². The first kappa shape index (κ1) is 9.63. The lowest BCUT2D eigenvalue weighted by atomic mass is 10.2. The Bertz CT molecular complexity index is 498. The van der Waals surface area contributed by atoms with Crippen molar-refractivity contribution < 1.29 is 4.42 Å². The van der Waals surface area contributed by atoms with Crippen LogP contribution in [0.4, 0.5) is 0 Å². The average Bonchev–Trinajstić information content (AvgIpc) is 2.78. The Morgan fingerprint density at radius 2 is 2.19 bits per heavy atom. The molecule has 0 aliphatic carbocycles. The highest BCUT2D eigenvalue weighted by atomic mass is 16.3. The predicted molar refractivity (Wildman–Crippen MR) is 60.0 cm³/mol. The molecule has 0 spiro atoms. The monoisotopic (exact) mass is 217 g/mol. The fourth-order valence-electron chi connectivity index (χ4n) is 2.30. The van der Waals surface area contributed by atoms with Gasteiger partial charge in [-0.25, -0.2) is 0 Å². The topological polar surface area (TPSA) is 43.9 Å². The number of nitrogens with zero attached hydrogens (tertiary/aromatic N) is 3. The molecule has 0 amide bonds. The highest BCUT2D eigenvalue weighted by molar-refractivity contribution is 5.57. The van der Waals surface area contributed by atoms with E-state index in [-0.39, 0.29) is 0 Å². The van der Waals surface area contributed by atoms with Crippen molar-refractivity contribution in [1.82, 2.24) is 14.8 Å². The van der Waals surface area contributed by atoms with Gasteiger partial charge in [0.1, 0.15) is 11.6 Å². The Labute approximate surface area is 94.3 Å². The largest absolute Gasteiger partial charge is 0.469 e. The minimum Gasteiger partial charge on any atom is -0.469 e. The van der Waals surface area contributed by atoms with Crippen molar-refractivity contribution >= 4 is 0 Å². The molecule has 2 aromatic heterocycles. The Morgan fingerprint density at radius 1 is 1.25 bits per heavy atom. The highest BCUT2D eigenvalue weighted by Crippen LogP contribution is 2.25. The number of aromatic nitrogens is 3. The number of aryl methyl sites for hydroxylation is 2. The molecule has 4 nitrogen and oxygen atoms in total. The van der Waals surface area contributed by atoms with Crippen molar-refractivity contribution in [3.05, 3.63) is 23.9 Å². The van der Waals surface area contributed by atoms with E-state index < -0.39 is 0 Å². The number of fused-ring (bicyclic) bond motifs is 1. The molecule has 3 heterocycles. The molecule has 0 fully saturated rings. The van der Waals surface area contributed by atoms with Gasteiger partial charge in [-0.2, -0.15) is 0 Å². The van der Waals surface area contributed by atoms with Crippen LogP contribution in [-0.4, -0.2) is 14.8 Å². The van der Waals surface area contributed by atoms with Gasteiger partial charge in [0, 0.05) is 13.0 Å². The summed E-state index contributed by atoms with van der Waals surface area (Å²) in [4.78, 5) is 0. The zero-order valence-corrected chi connectivity index (χ0v) is 9.44. The molecule has 0 unspecified atom stereocenters. The minimum atomic E-state index is 0.916. The van der Waals surface area contributed by atoms with Crippen LogP contribution in [0.5, 0.6) is 0 Å². The summed E-state index contributed by atoms with van der Waals surface area (Å²) < 4.78 is 7.57. The molecule has 0 bridgehead atoms. The van der Waals surface area contributed by atoms with E-state index in [1.54, 1.807) is 6.26 Å². The molecular formula is C12H15N3O. The van der Waals surface area contributed by atoms with Crippen molar-refractivity contribution in [2.75, 3.05) is 0 Å². The van der Waals surface area contributed by atoms with Crippen LogP contribution in [0.15, 0.2) is 16.7 Å². The molecule has 0 saturated carbocycles. The third-order valence-electron chi connectivity index (χ3n) is 3.21. The number of hydrogen-bond donors (Lipinski definition) is 0. The number of hydrogen-bond acceptors (Lipinski definition) is 3. The van der Waals surface area contributed by atoms with Crippen LogP contribution in [0.1, 0.15) is 30.8 Å². The van der Waals surface area contributed by atoms with Gasteiger partial charge in [0.2, 0.25) is 0 Å². The van der Waals surface area contributed by atoms with Crippen LogP contribution >= 0.6 is 0 Å². The zero-order chi connectivity index (χ0) is 11.0. The fraction of sp³-hybridized carbons (Fsp3) is 0.500. The maximum absolute atomic E-state index is 5.33. The molecule has 1 aliphatic rings. The van der Waals surface area contributed by atoms with Gasteiger partial charge in [-0.1, -0.05) is 6.42 Å². The summed E-state index contributed by atoms with van der Waals surface area (Å²) in [6, 6.07) is 1.97. The van der Waals surface area contributed by atoms with E-state index in [1.165, 1.54) is 19.3 Å². The molecular weight excluding hydrogens is 202 g/mol. The summed E-state index contributed by atoms with van der Waals surface area (Å²) in [6.07, 6.45) is 6.48. The van der Waals surface area contributed by atoms with Crippen LogP contribution in [0.25, 0.3) is 11.4 Å². The summed E-state index contributed by atoms with van der Waals surface area (Å²) in [5.41, 5.74) is 1.07. The van der Waals surface area contributed by atoms with Crippen LogP contribution in [0.3, 0.4) is 0 Å². The van der Waals surface area contributed by atoms with Gasteiger partial charge >= 0.3 is 0 Å². The lowest BCUT2D eigenvalue weighted by molar-refractivity contribution is 0.534. The fourth-order valence-corrected chi connectivity index (χ4v) is 2.30. The Kier molecular flexibility index (Phi) is 2.27. The highest BCUT2D eigenvalue weighted by Gasteiger charge is 2.18. The van der Waals surface area contributed by atoms with Crippen LogP contribution in [0, 0.1) is 6.92 Å². The van der Waals surface area contributed by atoms with Gasteiger partial charge in [-0.3, -0.25) is 0 Å². The quantitative estimate of drug-likeness (QED) is 0.737. The molecule has 0 radical (unpaired) electrons. The second-order valence-electron chi connectivity index (χ2n) is 4.29. The first-order valence-electron chi connectivity index (χ1n) is 5.83. The number of rotatable bonds is 1. The minimum absolute atomic E-state index is 0.916. The van der Waals surface area contributed by atoms with Crippen molar-refractivity contribution in [2.24, 2.45) is 0 Å². The van der Waals surface area contributed by atoms with Crippen molar-refractivity contribution in [3.63, 3.8) is 0 Å². The van der Waals surface area contributed by atoms with E-state index in [9.17, 15) is 0 Å². The van der Waals surface area contributed by atoms with E-state index in [4.69, 9.17) is 4.42 Å². The second kappa shape index (κ2) is 3.77. The van der Waals surface area contributed by atoms with Gasteiger partial charge in [0.05, 0.1) is 11.8 Å². The van der Waals surface area contributed by atoms with Crippen LogP contribution < -0.4 is 0 Å². The van der Waals surface area contributed by atoms with E-state index >= 15 is 0 Å². The molecule has 3 rings (SSSR count). The lowest BCUT2D eigenvalue weighted by Crippen LogP contribution is -2.02. The van der Waals surface area contributed by atoms with Crippen molar-refractivity contribution in [3.8, 4) is 11.4 Å². The molecule has 84 valence electrons. The first-order chi connectivity index (χ1) is 7.86. The molecule has 0 saturated heterocycles. The van der Waals surface area contributed by atoms with Gasteiger partial charge in [-0.15, -0.1) is 10.2 Å². The summed E-state index contributed by atoms with van der Waals surface area (Å²) in [5, 5.41) is 8.58. The van der Waals surface area contributed by atoms with Gasteiger partial charge < -0.3 is 8.98 Å². The van der Waals surface area contributed by atoms with Crippen LogP contribution in [-0.2, 0) is 13.0 Å². The lowest BCUT2D eigenvalue weighted by Gasteiger charge is -2.05. The van der Waals surface area contributed by atoms with Crippen molar-refractivity contribution in [2.45, 2.75) is 39.2 Å². The molecule has 16 heavy (non-hydrogen) atoms. The Balaban J connectivity index is 2.09. The van der Waals surface area contributed by atoms with Gasteiger partial charge in [-0.05, 0) is 25.8 Å². The normalized spacial score (nSPS) is 15.8. The molecule has 0 atom stereocenters. The maximum atomic E-state index is 5.33. The van der Waals surface area contributed by atoms with E-state index in [1.807, 2.05) is 13.0 Å². The molecule has 2 aromatic rings. The SMILES string of the molecule is Cc1occc1-c1nnc2n1CCCCC2. The van der Waals surface area contributed by atoms with E-state index in [0.29, 0.717) is 0 Å². The standard InChI is InChI=1S/C12H15N3O/c1-9-10(6-8-16-9)12-14-13-11-5-3-2-4-7-15(11)12/h6,8H,2-5,7H2,1H3. The summed E-state index contributed by atoms with van der Waals surface area (Å²) in [7, 11) is 0. The summed E-state index contributed by atoms with van der Waals surface area (Å²) >= 11 is 0. The third-order valence-corrected chi connectivity index (χ3v) is 3.21. The van der Waals surface area contributed by atoms with Crippen molar-refractivity contribution in [1.29, 1.82) is 0 Å². The predicted octanol–water partition coefficient (Wildman–Crippen LogP) is 2.57. The number of furan rings is 1. The van der Waals surface area contributed by atoms with Gasteiger partial charge in [0.25, 0.3) is 0 Å². The molecule has 0 N–H and O–H groups in total. The molecule has 1 aliphatic heterocycles.